The third kappa shape index (κ3) is 4.26. The lowest BCUT2D eigenvalue weighted by atomic mass is 10.1. The first-order chi connectivity index (χ1) is 9.95. The molecule has 0 heterocycles. The summed E-state index contributed by atoms with van der Waals surface area (Å²) in [5.74, 6) is 0.521. The molecule has 0 unspecified atom stereocenters. The van der Waals surface area contributed by atoms with Crippen LogP contribution in [-0.2, 0) is 6.54 Å². The van der Waals surface area contributed by atoms with E-state index >= 15 is 0 Å². The molecule has 0 radical (unpaired) electrons. The van der Waals surface area contributed by atoms with Crippen molar-refractivity contribution in [1.82, 2.24) is 5.32 Å². The fourth-order valence-corrected chi connectivity index (χ4v) is 1.95. The number of aryl methyl sites for hydroxylation is 1. The Bertz CT molecular complexity index is 626. The monoisotopic (exact) mass is 291 g/mol. The highest BCUT2D eigenvalue weighted by Crippen LogP contribution is 2.29. The van der Waals surface area contributed by atoms with E-state index in [1.165, 1.54) is 24.3 Å². The summed E-state index contributed by atoms with van der Waals surface area (Å²) >= 11 is 0. The van der Waals surface area contributed by atoms with Gasteiger partial charge in [-0.25, -0.2) is 8.78 Å². The molecule has 0 saturated heterocycles. The van der Waals surface area contributed by atoms with Crippen LogP contribution in [0.4, 0.5) is 8.78 Å². The average molecular weight is 291 g/mol. The van der Waals surface area contributed by atoms with Gasteiger partial charge < -0.3 is 10.1 Å². The maximum Gasteiger partial charge on any atom is 0.132 e. The highest BCUT2D eigenvalue weighted by atomic mass is 19.1. The topological polar surface area (TPSA) is 21.3 Å². The fraction of sp³-hybridized carbons (Fsp3) is 0.294. The maximum absolute atomic E-state index is 13.4. The third-order valence-electron chi connectivity index (χ3n) is 3.08. The highest BCUT2D eigenvalue weighted by Gasteiger charge is 2.09. The molecule has 0 spiro atoms. The molecule has 0 amide bonds. The molecule has 0 aliphatic rings. The minimum atomic E-state index is -0.307. The van der Waals surface area contributed by atoms with Crippen molar-refractivity contribution >= 4 is 0 Å². The van der Waals surface area contributed by atoms with E-state index in [0.29, 0.717) is 23.6 Å². The van der Waals surface area contributed by atoms with Gasteiger partial charge in [0.05, 0.1) is 0 Å². The molecule has 0 aliphatic carbocycles. The molecule has 0 aliphatic heterocycles. The van der Waals surface area contributed by atoms with Crippen molar-refractivity contribution < 1.29 is 13.5 Å². The Labute approximate surface area is 123 Å². The van der Waals surface area contributed by atoms with Gasteiger partial charge in [0.25, 0.3) is 0 Å². The molecule has 21 heavy (non-hydrogen) atoms. The standard InChI is InChI=1S/C17H19F2NO/c1-11(2)20-10-13-9-15(19)5-7-17(13)21-16-6-4-14(18)8-12(16)3/h4-9,11,20H,10H2,1-3H3. The molecule has 0 bridgehead atoms. The molecular formula is C17H19F2NO. The van der Waals surface area contributed by atoms with E-state index in [-0.39, 0.29) is 17.7 Å². The first-order valence-corrected chi connectivity index (χ1v) is 6.91. The van der Waals surface area contributed by atoms with Crippen molar-refractivity contribution in [2.24, 2.45) is 0 Å². The molecule has 0 aromatic heterocycles. The lowest BCUT2D eigenvalue weighted by molar-refractivity contribution is 0.461. The summed E-state index contributed by atoms with van der Waals surface area (Å²) in [7, 11) is 0. The van der Waals surface area contributed by atoms with Crippen LogP contribution in [0.5, 0.6) is 11.5 Å². The van der Waals surface area contributed by atoms with Crippen LogP contribution in [0, 0.1) is 18.6 Å². The van der Waals surface area contributed by atoms with Crippen LogP contribution >= 0.6 is 0 Å². The third-order valence-corrected chi connectivity index (χ3v) is 3.08. The molecule has 2 aromatic rings. The number of benzene rings is 2. The molecule has 0 saturated carbocycles. The number of nitrogens with one attached hydrogen (secondary N) is 1. The van der Waals surface area contributed by atoms with E-state index in [1.807, 2.05) is 13.8 Å². The fourth-order valence-electron chi connectivity index (χ4n) is 1.95. The second kappa shape index (κ2) is 6.68. The van der Waals surface area contributed by atoms with Gasteiger partial charge in [0.1, 0.15) is 23.1 Å². The SMILES string of the molecule is Cc1cc(F)ccc1Oc1ccc(F)cc1CNC(C)C. The van der Waals surface area contributed by atoms with Gasteiger partial charge >= 0.3 is 0 Å². The van der Waals surface area contributed by atoms with Crippen LogP contribution < -0.4 is 10.1 Å². The van der Waals surface area contributed by atoms with Gasteiger partial charge in [-0.2, -0.15) is 0 Å². The molecule has 112 valence electrons. The molecule has 2 aromatic carbocycles. The summed E-state index contributed by atoms with van der Waals surface area (Å²) in [6, 6.07) is 9.01. The van der Waals surface area contributed by atoms with Crippen molar-refractivity contribution in [1.29, 1.82) is 0 Å². The molecule has 2 nitrogen and oxygen atoms in total. The van der Waals surface area contributed by atoms with E-state index in [0.717, 1.165) is 5.56 Å². The van der Waals surface area contributed by atoms with Crippen molar-refractivity contribution in [2.45, 2.75) is 33.4 Å². The number of hydrogen-bond acceptors (Lipinski definition) is 2. The first kappa shape index (κ1) is 15.4. The van der Waals surface area contributed by atoms with Crippen LogP contribution in [0.2, 0.25) is 0 Å². The van der Waals surface area contributed by atoms with Crippen LogP contribution in [0.3, 0.4) is 0 Å². The van der Waals surface area contributed by atoms with E-state index in [2.05, 4.69) is 5.32 Å². The average Bonchev–Trinajstić information content (AvgIpc) is 2.41. The molecule has 1 N–H and O–H groups in total. The summed E-state index contributed by atoms with van der Waals surface area (Å²) in [6.07, 6.45) is 0. The summed E-state index contributed by atoms with van der Waals surface area (Å²) < 4.78 is 32.3. The normalized spacial score (nSPS) is 11.0. The van der Waals surface area contributed by atoms with Gasteiger partial charge in [0.15, 0.2) is 0 Å². The molecule has 0 fully saturated rings. The van der Waals surface area contributed by atoms with E-state index in [9.17, 15) is 8.78 Å². The number of rotatable bonds is 5. The van der Waals surface area contributed by atoms with Gasteiger partial charge in [0, 0.05) is 18.2 Å². The Balaban J connectivity index is 2.26. The lowest BCUT2D eigenvalue weighted by Gasteiger charge is -2.15. The summed E-state index contributed by atoms with van der Waals surface area (Å²) in [4.78, 5) is 0. The van der Waals surface area contributed by atoms with Crippen molar-refractivity contribution in [3.05, 3.63) is 59.2 Å². The van der Waals surface area contributed by atoms with E-state index in [4.69, 9.17) is 4.74 Å². The van der Waals surface area contributed by atoms with Crippen LogP contribution in [-0.4, -0.2) is 6.04 Å². The van der Waals surface area contributed by atoms with Crippen LogP contribution in [0.15, 0.2) is 36.4 Å². The highest BCUT2D eigenvalue weighted by molar-refractivity contribution is 5.41. The lowest BCUT2D eigenvalue weighted by Crippen LogP contribution is -2.22. The molecule has 0 atom stereocenters. The second-order valence-corrected chi connectivity index (χ2v) is 5.30. The zero-order valence-electron chi connectivity index (χ0n) is 12.4. The first-order valence-electron chi connectivity index (χ1n) is 6.91. The molecule has 4 heteroatoms. The van der Waals surface area contributed by atoms with Crippen molar-refractivity contribution in [2.75, 3.05) is 0 Å². The Morgan fingerprint density at radius 3 is 2.24 bits per heavy atom. The minimum absolute atomic E-state index is 0.286. The van der Waals surface area contributed by atoms with Gasteiger partial charge in [-0.15, -0.1) is 0 Å². The van der Waals surface area contributed by atoms with Gasteiger partial charge in [-0.05, 0) is 48.9 Å². The molecular weight excluding hydrogens is 272 g/mol. The summed E-state index contributed by atoms with van der Waals surface area (Å²) in [5, 5.41) is 3.23. The maximum atomic E-state index is 13.4. The Morgan fingerprint density at radius 2 is 1.62 bits per heavy atom. The number of hydrogen-bond donors (Lipinski definition) is 1. The van der Waals surface area contributed by atoms with Crippen molar-refractivity contribution in [3.8, 4) is 11.5 Å². The zero-order chi connectivity index (χ0) is 15.4. The number of halogens is 2. The zero-order valence-corrected chi connectivity index (χ0v) is 12.4. The van der Waals surface area contributed by atoms with Crippen LogP contribution in [0.25, 0.3) is 0 Å². The number of ether oxygens (including phenoxy) is 1. The largest absolute Gasteiger partial charge is 0.457 e. The van der Waals surface area contributed by atoms with Crippen LogP contribution in [0.1, 0.15) is 25.0 Å². The summed E-state index contributed by atoms with van der Waals surface area (Å²) in [5.41, 5.74) is 1.43. The minimum Gasteiger partial charge on any atom is -0.457 e. The van der Waals surface area contributed by atoms with Gasteiger partial charge in [-0.3, -0.25) is 0 Å². The Kier molecular flexibility index (Phi) is 4.91. The smallest absolute Gasteiger partial charge is 0.132 e. The van der Waals surface area contributed by atoms with E-state index in [1.54, 1.807) is 19.1 Å². The van der Waals surface area contributed by atoms with Gasteiger partial charge in [-0.1, -0.05) is 13.8 Å². The Hall–Kier alpha value is -1.94. The van der Waals surface area contributed by atoms with E-state index < -0.39 is 0 Å². The quantitative estimate of drug-likeness (QED) is 0.871. The van der Waals surface area contributed by atoms with Gasteiger partial charge in [0.2, 0.25) is 0 Å². The predicted molar refractivity (Wildman–Crippen MR) is 79.6 cm³/mol. The Morgan fingerprint density at radius 1 is 1.00 bits per heavy atom. The van der Waals surface area contributed by atoms with Crippen molar-refractivity contribution in [3.63, 3.8) is 0 Å². The molecule has 2 rings (SSSR count). The second-order valence-electron chi connectivity index (χ2n) is 5.30. The summed E-state index contributed by atoms with van der Waals surface area (Å²) in [6.45, 7) is 6.31. The predicted octanol–water partition coefficient (Wildman–Crippen LogP) is 4.56.